The summed E-state index contributed by atoms with van der Waals surface area (Å²) >= 11 is 0. The van der Waals surface area contributed by atoms with Crippen LogP contribution in [0.5, 0.6) is 23.0 Å². The predicted molar refractivity (Wildman–Crippen MR) is 116 cm³/mol. The van der Waals surface area contributed by atoms with E-state index < -0.39 is 0 Å². The zero-order valence-electron chi connectivity index (χ0n) is 18.2. The fourth-order valence-corrected chi connectivity index (χ4v) is 3.64. The highest BCUT2D eigenvalue weighted by molar-refractivity contribution is 5.53. The van der Waals surface area contributed by atoms with Crippen molar-refractivity contribution in [1.82, 2.24) is 5.32 Å². The molecule has 0 radical (unpaired) electrons. The second-order valence-corrected chi connectivity index (χ2v) is 7.62. The van der Waals surface area contributed by atoms with Gasteiger partial charge in [-0.15, -0.1) is 0 Å². The molecule has 158 valence electrons. The van der Waals surface area contributed by atoms with Crippen LogP contribution in [-0.4, -0.2) is 33.5 Å². The van der Waals surface area contributed by atoms with Crippen molar-refractivity contribution < 1.29 is 18.9 Å². The fraction of sp³-hybridized carbons (Fsp3) is 0.500. The maximum absolute atomic E-state index is 5.91. The van der Waals surface area contributed by atoms with Gasteiger partial charge in [-0.3, -0.25) is 0 Å². The molecule has 1 aliphatic heterocycles. The maximum atomic E-state index is 5.91. The number of hydrogen-bond acceptors (Lipinski definition) is 5. The number of fused-ring (bicyclic) bond motifs is 1. The first-order valence-corrected chi connectivity index (χ1v) is 10.5. The summed E-state index contributed by atoms with van der Waals surface area (Å²) in [4.78, 5) is 0. The summed E-state index contributed by atoms with van der Waals surface area (Å²) in [6, 6.07) is 10.5. The lowest BCUT2D eigenvalue weighted by Crippen LogP contribution is -2.30. The largest absolute Gasteiger partial charge is 0.493 e. The number of rotatable bonds is 9. The van der Waals surface area contributed by atoms with Crippen LogP contribution in [0.3, 0.4) is 0 Å². The summed E-state index contributed by atoms with van der Waals surface area (Å²) in [6.45, 7) is 11.1. The quantitative estimate of drug-likeness (QED) is 0.659. The lowest BCUT2D eigenvalue weighted by atomic mass is 9.89. The smallest absolute Gasteiger partial charge is 0.161 e. The minimum absolute atomic E-state index is 0.0710. The van der Waals surface area contributed by atoms with E-state index in [1.54, 1.807) is 7.11 Å². The van der Waals surface area contributed by atoms with Crippen molar-refractivity contribution in [2.45, 2.75) is 40.2 Å². The average Bonchev–Trinajstić information content (AvgIpc) is 2.72. The van der Waals surface area contributed by atoms with Gasteiger partial charge in [-0.1, -0.05) is 19.9 Å². The van der Waals surface area contributed by atoms with Gasteiger partial charge in [0.2, 0.25) is 0 Å². The highest BCUT2D eigenvalue weighted by Crippen LogP contribution is 2.39. The number of ether oxygens (including phenoxy) is 4. The van der Waals surface area contributed by atoms with Gasteiger partial charge < -0.3 is 24.3 Å². The molecular formula is C24H33NO4. The van der Waals surface area contributed by atoms with Crippen LogP contribution in [0.1, 0.15) is 50.4 Å². The Bertz CT molecular complexity index is 819. The van der Waals surface area contributed by atoms with Crippen molar-refractivity contribution >= 4 is 0 Å². The summed E-state index contributed by atoms with van der Waals surface area (Å²) in [5.41, 5.74) is 3.66. The normalized spacial score (nSPS) is 15.7. The predicted octanol–water partition coefficient (Wildman–Crippen LogP) is 4.76. The third-order valence-electron chi connectivity index (χ3n) is 4.95. The van der Waals surface area contributed by atoms with E-state index in [2.05, 4.69) is 43.4 Å². The number of hydrogen-bond donors (Lipinski definition) is 1. The monoisotopic (exact) mass is 399 g/mol. The van der Waals surface area contributed by atoms with Crippen molar-refractivity contribution in [1.29, 1.82) is 0 Å². The second-order valence-electron chi connectivity index (χ2n) is 7.62. The zero-order valence-corrected chi connectivity index (χ0v) is 18.2. The molecule has 2 aromatic carbocycles. The Balaban J connectivity index is 1.96. The molecule has 2 aromatic rings. The minimum Gasteiger partial charge on any atom is -0.493 e. The summed E-state index contributed by atoms with van der Waals surface area (Å²) < 4.78 is 23.2. The summed E-state index contributed by atoms with van der Waals surface area (Å²) in [5, 5.41) is 3.64. The van der Waals surface area contributed by atoms with Gasteiger partial charge in [-0.25, -0.2) is 0 Å². The van der Waals surface area contributed by atoms with Crippen molar-refractivity contribution in [3.8, 4) is 23.0 Å². The molecule has 0 spiro atoms. The number of methoxy groups -OCH3 is 1. The summed E-state index contributed by atoms with van der Waals surface area (Å²) in [6.07, 6.45) is 0.963. The van der Waals surface area contributed by atoms with Gasteiger partial charge in [0, 0.05) is 6.54 Å². The first-order valence-electron chi connectivity index (χ1n) is 10.5. The standard InChI is InChI=1S/C24H33NO4/c1-6-27-22-12-17-10-11-25-24(19(17)14-23(22)28-7-2)18-8-9-20(21(13-18)26-5)29-15-16(3)4/h8-9,12-14,16,24-25H,6-7,10-11,15H2,1-5H3. The van der Waals surface area contributed by atoms with Crippen LogP contribution in [0.15, 0.2) is 30.3 Å². The van der Waals surface area contributed by atoms with Crippen molar-refractivity contribution in [3.63, 3.8) is 0 Å². The molecular weight excluding hydrogens is 366 g/mol. The molecule has 5 heteroatoms. The third kappa shape index (κ3) is 4.96. The van der Waals surface area contributed by atoms with Crippen LogP contribution in [-0.2, 0) is 6.42 Å². The third-order valence-corrected chi connectivity index (χ3v) is 4.95. The topological polar surface area (TPSA) is 49.0 Å². The molecule has 0 saturated heterocycles. The number of nitrogens with one attached hydrogen (secondary N) is 1. The van der Waals surface area contributed by atoms with Gasteiger partial charge >= 0.3 is 0 Å². The Morgan fingerprint density at radius 3 is 2.31 bits per heavy atom. The van der Waals surface area contributed by atoms with Crippen LogP contribution in [0.4, 0.5) is 0 Å². The molecule has 1 N–H and O–H groups in total. The molecule has 1 atom stereocenters. The summed E-state index contributed by atoms with van der Waals surface area (Å²) in [7, 11) is 1.69. The van der Waals surface area contributed by atoms with E-state index in [1.165, 1.54) is 11.1 Å². The SMILES string of the molecule is CCOc1cc2c(cc1OCC)C(c1ccc(OCC(C)C)c(OC)c1)NCC2. The Kier molecular flexibility index (Phi) is 7.26. The van der Waals surface area contributed by atoms with Crippen molar-refractivity contribution in [2.24, 2.45) is 5.92 Å². The molecule has 0 bridgehead atoms. The second kappa shape index (κ2) is 9.88. The van der Waals surface area contributed by atoms with Crippen LogP contribution >= 0.6 is 0 Å². The van der Waals surface area contributed by atoms with Crippen molar-refractivity contribution in [3.05, 3.63) is 47.0 Å². The zero-order chi connectivity index (χ0) is 20.8. The van der Waals surface area contributed by atoms with E-state index in [-0.39, 0.29) is 6.04 Å². The van der Waals surface area contributed by atoms with Gasteiger partial charge in [0.05, 0.1) is 33.0 Å². The Labute approximate surface area is 174 Å². The van der Waals surface area contributed by atoms with Gasteiger partial charge in [0.15, 0.2) is 23.0 Å². The van der Waals surface area contributed by atoms with Gasteiger partial charge in [0.1, 0.15) is 0 Å². The molecule has 0 fully saturated rings. The van der Waals surface area contributed by atoms with Crippen LogP contribution in [0.25, 0.3) is 0 Å². The molecule has 0 amide bonds. The first kappa shape index (κ1) is 21.3. The van der Waals surface area contributed by atoms with Crippen molar-refractivity contribution in [2.75, 3.05) is 33.5 Å². The average molecular weight is 400 g/mol. The maximum Gasteiger partial charge on any atom is 0.161 e. The van der Waals surface area contributed by atoms with E-state index in [9.17, 15) is 0 Å². The molecule has 5 nitrogen and oxygen atoms in total. The van der Waals surface area contributed by atoms with Gasteiger partial charge in [0.25, 0.3) is 0 Å². The van der Waals surface area contributed by atoms with E-state index in [0.29, 0.717) is 25.7 Å². The molecule has 0 aliphatic carbocycles. The molecule has 3 rings (SSSR count). The van der Waals surface area contributed by atoms with Crippen LogP contribution < -0.4 is 24.3 Å². The molecule has 1 aliphatic rings. The lowest BCUT2D eigenvalue weighted by molar-refractivity contribution is 0.256. The molecule has 0 aromatic heterocycles. The van der Waals surface area contributed by atoms with E-state index in [4.69, 9.17) is 18.9 Å². The van der Waals surface area contributed by atoms with E-state index in [0.717, 1.165) is 41.5 Å². The lowest BCUT2D eigenvalue weighted by Gasteiger charge is -2.29. The highest BCUT2D eigenvalue weighted by atomic mass is 16.5. The first-order chi connectivity index (χ1) is 14.1. The number of benzene rings is 2. The molecule has 29 heavy (non-hydrogen) atoms. The Hall–Kier alpha value is -2.40. The van der Waals surface area contributed by atoms with E-state index in [1.807, 2.05) is 19.9 Å². The Morgan fingerprint density at radius 1 is 0.931 bits per heavy atom. The molecule has 0 saturated carbocycles. The van der Waals surface area contributed by atoms with E-state index >= 15 is 0 Å². The fourth-order valence-electron chi connectivity index (χ4n) is 3.64. The highest BCUT2D eigenvalue weighted by Gasteiger charge is 2.25. The Morgan fingerprint density at radius 2 is 1.66 bits per heavy atom. The van der Waals surface area contributed by atoms with Crippen LogP contribution in [0, 0.1) is 5.92 Å². The van der Waals surface area contributed by atoms with Gasteiger partial charge in [-0.05, 0) is 67.1 Å². The summed E-state index contributed by atoms with van der Waals surface area (Å²) in [5.74, 6) is 3.62. The molecule has 1 heterocycles. The molecule has 1 unspecified atom stereocenters. The van der Waals surface area contributed by atoms with Gasteiger partial charge in [-0.2, -0.15) is 0 Å². The minimum atomic E-state index is 0.0710. The van der Waals surface area contributed by atoms with Crippen LogP contribution in [0.2, 0.25) is 0 Å².